The Morgan fingerprint density at radius 2 is 2.10 bits per heavy atom. The van der Waals surface area contributed by atoms with Crippen LogP contribution in [0, 0.1) is 29.6 Å². The summed E-state index contributed by atoms with van der Waals surface area (Å²) in [7, 11) is 0. The molecule has 0 fully saturated rings. The lowest BCUT2D eigenvalue weighted by molar-refractivity contribution is -0.158. The maximum absolute atomic E-state index is 12.2. The lowest BCUT2D eigenvalue weighted by atomic mass is 9.67. The van der Waals surface area contributed by atoms with Crippen LogP contribution in [-0.2, 0) is 9.53 Å². The molecule has 0 bridgehead atoms. The van der Waals surface area contributed by atoms with E-state index in [1.807, 2.05) is 13.8 Å². The van der Waals surface area contributed by atoms with Gasteiger partial charge in [0.15, 0.2) is 0 Å². The Hall–Kier alpha value is -1.05. The molecule has 0 radical (unpaired) electrons. The third kappa shape index (κ3) is 2.99. The van der Waals surface area contributed by atoms with Gasteiger partial charge in [0.25, 0.3) is 0 Å². The number of rotatable bonds is 3. The summed E-state index contributed by atoms with van der Waals surface area (Å²) in [5.74, 6) is 1.93. The summed E-state index contributed by atoms with van der Waals surface area (Å²) in [6.07, 6.45) is 8.75. The van der Waals surface area contributed by atoms with Crippen molar-refractivity contribution < 1.29 is 9.53 Å². The molecule has 112 valence electrons. The molecular weight excluding hydrogens is 248 g/mol. The topological polar surface area (TPSA) is 26.3 Å². The molecule has 0 N–H and O–H groups in total. The summed E-state index contributed by atoms with van der Waals surface area (Å²) >= 11 is 0. The maximum atomic E-state index is 12.2. The van der Waals surface area contributed by atoms with E-state index in [1.54, 1.807) is 0 Å². The fraction of sp³-hybridized carbons (Fsp3) is 0.722. The molecule has 0 aromatic carbocycles. The van der Waals surface area contributed by atoms with Crippen LogP contribution in [0.1, 0.15) is 47.5 Å². The molecular formula is C18H28O2. The molecule has 0 heterocycles. The highest BCUT2D eigenvalue weighted by atomic mass is 16.5. The number of hydrogen-bond donors (Lipinski definition) is 0. The lowest BCUT2D eigenvalue weighted by Crippen LogP contribution is -2.40. The second-order valence-electron chi connectivity index (χ2n) is 6.77. The van der Waals surface area contributed by atoms with Crippen molar-refractivity contribution in [3.8, 4) is 0 Å². The van der Waals surface area contributed by atoms with Crippen LogP contribution in [0.15, 0.2) is 23.8 Å². The first-order chi connectivity index (χ1) is 9.43. The Bertz CT molecular complexity index is 421. The Balaban J connectivity index is 2.19. The fourth-order valence-electron chi connectivity index (χ4n) is 3.36. The van der Waals surface area contributed by atoms with Crippen LogP contribution < -0.4 is 0 Å². The Morgan fingerprint density at radius 1 is 1.40 bits per heavy atom. The van der Waals surface area contributed by atoms with Crippen LogP contribution in [0.2, 0.25) is 0 Å². The molecule has 1 unspecified atom stereocenters. The van der Waals surface area contributed by atoms with Crippen molar-refractivity contribution in [1.29, 1.82) is 0 Å². The minimum atomic E-state index is -0.0274. The standard InChI is InChI=1S/C18H28O2/c1-6-12(3)18(19)20-16-10-11(2)9-15-8-7-13(4)14(5)17(15)16/h7-9,11-14,16-17H,6,10H2,1-5H3/t11-,12-,13-,14?,16-,17+/m0/s1. The zero-order valence-corrected chi connectivity index (χ0v) is 13.4. The molecule has 2 nitrogen and oxygen atoms in total. The van der Waals surface area contributed by atoms with Crippen LogP contribution in [-0.4, -0.2) is 12.1 Å². The smallest absolute Gasteiger partial charge is 0.308 e. The molecule has 0 saturated heterocycles. The largest absolute Gasteiger partial charge is 0.461 e. The molecule has 0 saturated carbocycles. The number of carbonyl (C=O) groups excluding carboxylic acids is 1. The van der Waals surface area contributed by atoms with Crippen LogP contribution in [0.5, 0.6) is 0 Å². The van der Waals surface area contributed by atoms with Gasteiger partial charge in [-0.3, -0.25) is 4.79 Å². The predicted octanol–water partition coefficient (Wildman–Crippen LogP) is 4.37. The van der Waals surface area contributed by atoms with Crippen molar-refractivity contribution in [2.75, 3.05) is 0 Å². The summed E-state index contributed by atoms with van der Waals surface area (Å²) < 4.78 is 5.89. The van der Waals surface area contributed by atoms with E-state index in [4.69, 9.17) is 4.74 Å². The van der Waals surface area contributed by atoms with Crippen molar-refractivity contribution >= 4 is 5.97 Å². The molecule has 20 heavy (non-hydrogen) atoms. The lowest BCUT2D eigenvalue weighted by Gasteiger charge is -2.41. The molecule has 2 aliphatic carbocycles. The highest BCUT2D eigenvalue weighted by Crippen LogP contribution is 2.42. The van der Waals surface area contributed by atoms with Gasteiger partial charge >= 0.3 is 5.97 Å². The van der Waals surface area contributed by atoms with E-state index < -0.39 is 0 Å². The third-order valence-electron chi connectivity index (χ3n) is 5.14. The normalized spacial score (nSPS) is 37.9. The van der Waals surface area contributed by atoms with E-state index in [0.717, 1.165) is 12.8 Å². The average molecular weight is 276 g/mol. The van der Waals surface area contributed by atoms with Gasteiger partial charge in [0.05, 0.1) is 5.92 Å². The molecule has 0 spiro atoms. The summed E-state index contributed by atoms with van der Waals surface area (Å²) in [6.45, 7) is 10.7. The maximum Gasteiger partial charge on any atom is 0.308 e. The van der Waals surface area contributed by atoms with Gasteiger partial charge in [0.2, 0.25) is 0 Å². The highest BCUT2D eigenvalue weighted by molar-refractivity contribution is 5.72. The minimum Gasteiger partial charge on any atom is -0.461 e. The number of allylic oxidation sites excluding steroid dienone is 3. The second kappa shape index (κ2) is 6.15. The summed E-state index contributed by atoms with van der Waals surface area (Å²) in [5.41, 5.74) is 1.37. The quantitative estimate of drug-likeness (QED) is 0.716. The summed E-state index contributed by atoms with van der Waals surface area (Å²) in [6, 6.07) is 0. The van der Waals surface area contributed by atoms with Crippen molar-refractivity contribution in [3.63, 3.8) is 0 Å². The van der Waals surface area contributed by atoms with E-state index in [9.17, 15) is 4.79 Å². The van der Waals surface area contributed by atoms with Gasteiger partial charge in [0.1, 0.15) is 6.10 Å². The zero-order valence-electron chi connectivity index (χ0n) is 13.4. The van der Waals surface area contributed by atoms with Crippen LogP contribution in [0.3, 0.4) is 0 Å². The zero-order chi connectivity index (χ0) is 14.9. The molecule has 2 rings (SSSR count). The van der Waals surface area contributed by atoms with E-state index in [1.165, 1.54) is 5.57 Å². The number of ether oxygens (including phenoxy) is 1. The van der Waals surface area contributed by atoms with Crippen molar-refractivity contribution in [2.45, 2.75) is 53.6 Å². The Morgan fingerprint density at radius 3 is 2.75 bits per heavy atom. The highest BCUT2D eigenvalue weighted by Gasteiger charge is 2.39. The van der Waals surface area contributed by atoms with Gasteiger partial charge < -0.3 is 4.74 Å². The van der Waals surface area contributed by atoms with Gasteiger partial charge in [-0.1, -0.05) is 52.8 Å². The van der Waals surface area contributed by atoms with Gasteiger partial charge in [-0.25, -0.2) is 0 Å². The first-order valence-corrected chi connectivity index (χ1v) is 8.04. The van der Waals surface area contributed by atoms with Crippen LogP contribution in [0.25, 0.3) is 0 Å². The van der Waals surface area contributed by atoms with Gasteiger partial charge in [-0.2, -0.15) is 0 Å². The minimum absolute atomic E-state index is 0.00604. The SMILES string of the molecule is CC[C@H](C)C(=O)O[C@H]1C[C@@H](C)C=C2C=C[C@H](C)C(C)[C@H]21. The number of hydrogen-bond acceptors (Lipinski definition) is 2. The van der Waals surface area contributed by atoms with Crippen molar-refractivity contribution in [2.24, 2.45) is 29.6 Å². The van der Waals surface area contributed by atoms with Gasteiger partial charge in [-0.15, -0.1) is 0 Å². The first kappa shape index (κ1) is 15.3. The Kier molecular flexibility index (Phi) is 4.72. The monoisotopic (exact) mass is 276 g/mol. The van der Waals surface area contributed by atoms with Crippen molar-refractivity contribution in [1.82, 2.24) is 0 Å². The van der Waals surface area contributed by atoms with Gasteiger partial charge in [-0.05, 0) is 36.2 Å². The van der Waals surface area contributed by atoms with E-state index >= 15 is 0 Å². The molecule has 2 aliphatic rings. The van der Waals surface area contributed by atoms with Crippen LogP contribution >= 0.6 is 0 Å². The number of esters is 1. The molecule has 0 amide bonds. The predicted molar refractivity (Wildman–Crippen MR) is 82.2 cm³/mol. The molecule has 6 atom stereocenters. The molecule has 0 aromatic heterocycles. The molecule has 0 aliphatic heterocycles. The molecule has 0 aromatic rings. The third-order valence-corrected chi connectivity index (χ3v) is 5.14. The number of fused-ring (bicyclic) bond motifs is 1. The number of carbonyl (C=O) groups is 1. The van der Waals surface area contributed by atoms with E-state index in [0.29, 0.717) is 23.7 Å². The van der Waals surface area contributed by atoms with Gasteiger partial charge in [0, 0.05) is 5.92 Å². The van der Waals surface area contributed by atoms with Crippen LogP contribution in [0.4, 0.5) is 0 Å². The molecule has 2 heteroatoms. The summed E-state index contributed by atoms with van der Waals surface area (Å²) in [5, 5.41) is 0. The second-order valence-corrected chi connectivity index (χ2v) is 6.77. The average Bonchev–Trinajstić information content (AvgIpc) is 2.41. The summed E-state index contributed by atoms with van der Waals surface area (Å²) in [4.78, 5) is 12.2. The first-order valence-electron chi connectivity index (χ1n) is 8.04. The fourth-order valence-corrected chi connectivity index (χ4v) is 3.36. The van der Waals surface area contributed by atoms with E-state index in [-0.39, 0.29) is 18.0 Å². The Labute approximate surface area is 123 Å². The van der Waals surface area contributed by atoms with Crippen molar-refractivity contribution in [3.05, 3.63) is 23.8 Å². The van der Waals surface area contributed by atoms with E-state index in [2.05, 4.69) is 39.0 Å².